The molecule has 0 aromatic heterocycles. The van der Waals surface area contributed by atoms with Gasteiger partial charge in [0.15, 0.2) is 11.5 Å². The van der Waals surface area contributed by atoms with Crippen LogP contribution in [0, 0.1) is 0 Å². The predicted octanol–water partition coefficient (Wildman–Crippen LogP) is 2.64. The first-order valence-corrected chi connectivity index (χ1v) is 9.17. The van der Waals surface area contributed by atoms with Crippen LogP contribution in [0.4, 0.5) is 0 Å². The fraction of sp³-hybridized carbons (Fsp3) is 0.632. The molecule has 1 amide bonds. The van der Waals surface area contributed by atoms with Gasteiger partial charge in [0.05, 0.1) is 0 Å². The van der Waals surface area contributed by atoms with Crippen LogP contribution in [0.15, 0.2) is 24.3 Å². The molecule has 5 nitrogen and oxygen atoms in total. The van der Waals surface area contributed by atoms with Crippen LogP contribution in [0.2, 0.25) is 0 Å². The number of para-hydroxylation sites is 2. The third-order valence-corrected chi connectivity index (χ3v) is 4.81. The summed E-state index contributed by atoms with van der Waals surface area (Å²) in [6, 6.07) is 8.06. The molecule has 2 N–H and O–H groups in total. The number of amides is 1. The van der Waals surface area contributed by atoms with Crippen molar-refractivity contribution in [1.29, 1.82) is 0 Å². The SMILES string of the molecule is CC1Oc2ccccc2OC1C(=O)NCCNC1CCCCCC1. The molecule has 0 radical (unpaired) electrons. The minimum Gasteiger partial charge on any atom is -0.482 e. The number of nitrogens with one attached hydrogen (secondary N) is 2. The van der Waals surface area contributed by atoms with Crippen molar-refractivity contribution in [2.45, 2.75) is 63.7 Å². The van der Waals surface area contributed by atoms with Crippen LogP contribution in [-0.4, -0.2) is 37.2 Å². The van der Waals surface area contributed by atoms with Gasteiger partial charge in [-0.2, -0.15) is 0 Å². The highest BCUT2D eigenvalue weighted by Crippen LogP contribution is 2.33. The highest BCUT2D eigenvalue weighted by molar-refractivity contribution is 5.82. The number of carbonyl (C=O) groups is 1. The van der Waals surface area contributed by atoms with Gasteiger partial charge in [-0.15, -0.1) is 0 Å². The van der Waals surface area contributed by atoms with Crippen molar-refractivity contribution in [1.82, 2.24) is 10.6 Å². The number of ether oxygens (including phenoxy) is 2. The van der Waals surface area contributed by atoms with Gasteiger partial charge in [0.1, 0.15) is 6.10 Å². The van der Waals surface area contributed by atoms with E-state index in [2.05, 4.69) is 10.6 Å². The molecule has 2 unspecified atom stereocenters. The number of rotatable bonds is 5. The summed E-state index contributed by atoms with van der Waals surface area (Å²) in [6.07, 6.45) is 6.94. The zero-order valence-electron chi connectivity index (χ0n) is 14.4. The lowest BCUT2D eigenvalue weighted by molar-refractivity contribution is -0.133. The maximum absolute atomic E-state index is 12.4. The average Bonchev–Trinajstić information content (AvgIpc) is 2.86. The van der Waals surface area contributed by atoms with Gasteiger partial charge in [-0.25, -0.2) is 0 Å². The Hall–Kier alpha value is -1.75. The van der Waals surface area contributed by atoms with Crippen molar-refractivity contribution in [3.63, 3.8) is 0 Å². The number of fused-ring (bicyclic) bond motifs is 1. The Kier molecular flexibility index (Phi) is 5.96. The maximum Gasteiger partial charge on any atom is 0.265 e. The Morgan fingerprint density at radius 3 is 2.42 bits per heavy atom. The van der Waals surface area contributed by atoms with Crippen LogP contribution in [0.25, 0.3) is 0 Å². The molecular weight excluding hydrogens is 304 g/mol. The molecule has 1 aliphatic heterocycles. The van der Waals surface area contributed by atoms with Gasteiger partial charge in [0.25, 0.3) is 5.91 Å². The molecule has 1 aromatic rings. The fourth-order valence-electron chi connectivity index (χ4n) is 3.45. The van der Waals surface area contributed by atoms with E-state index < -0.39 is 6.10 Å². The van der Waals surface area contributed by atoms with Gasteiger partial charge in [0, 0.05) is 19.1 Å². The van der Waals surface area contributed by atoms with E-state index in [1.807, 2.05) is 31.2 Å². The van der Waals surface area contributed by atoms with E-state index in [-0.39, 0.29) is 12.0 Å². The van der Waals surface area contributed by atoms with Crippen LogP contribution >= 0.6 is 0 Å². The Balaban J connectivity index is 1.42. The van der Waals surface area contributed by atoms with Crippen molar-refractivity contribution in [3.05, 3.63) is 24.3 Å². The summed E-state index contributed by atoms with van der Waals surface area (Å²) in [5.74, 6) is 1.22. The quantitative estimate of drug-likeness (QED) is 0.643. The number of benzene rings is 1. The number of hydrogen-bond donors (Lipinski definition) is 2. The molecular formula is C19H28N2O3. The van der Waals surface area contributed by atoms with Crippen LogP contribution < -0.4 is 20.1 Å². The Bertz CT molecular complexity index is 541. The van der Waals surface area contributed by atoms with Crippen molar-refractivity contribution < 1.29 is 14.3 Å². The van der Waals surface area contributed by atoms with Gasteiger partial charge in [-0.1, -0.05) is 37.8 Å². The molecule has 0 saturated heterocycles. The lowest BCUT2D eigenvalue weighted by Gasteiger charge is -2.31. The van der Waals surface area contributed by atoms with E-state index in [1.165, 1.54) is 38.5 Å². The molecule has 1 aromatic carbocycles. The molecule has 1 aliphatic carbocycles. The smallest absolute Gasteiger partial charge is 0.265 e. The van der Waals surface area contributed by atoms with Gasteiger partial charge in [-0.05, 0) is 31.9 Å². The van der Waals surface area contributed by atoms with E-state index in [1.54, 1.807) is 0 Å². The highest BCUT2D eigenvalue weighted by atomic mass is 16.6. The predicted molar refractivity (Wildman–Crippen MR) is 93.5 cm³/mol. The summed E-state index contributed by atoms with van der Waals surface area (Å²) < 4.78 is 11.6. The van der Waals surface area contributed by atoms with Crippen molar-refractivity contribution in [3.8, 4) is 11.5 Å². The van der Waals surface area contributed by atoms with E-state index in [9.17, 15) is 4.79 Å². The molecule has 5 heteroatoms. The first-order valence-electron chi connectivity index (χ1n) is 9.17. The van der Waals surface area contributed by atoms with Crippen LogP contribution in [0.5, 0.6) is 11.5 Å². The number of carbonyl (C=O) groups excluding carboxylic acids is 1. The normalized spacial score (nSPS) is 24.2. The van der Waals surface area contributed by atoms with E-state index in [4.69, 9.17) is 9.47 Å². The molecule has 24 heavy (non-hydrogen) atoms. The summed E-state index contributed by atoms with van der Waals surface area (Å²) in [6.45, 7) is 3.28. The van der Waals surface area contributed by atoms with Crippen molar-refractivity contribution in [2.24, 2.45) is 0 Å². The average molecular weight is 332 g/mol. The fourth-order valence-corrected chi connectivity index (χ4v) is 3.45. The van der Waals surface area contributed by atoms with Gasteiger partial charge in [-0.3, -0.25) is 4.79 Å². The Morgan fingerprint density at radius 1 is 1.04 bits per heavy atom. The van der Waals surface area contributed by atoms with Gasteiger partial charge >= 0.3 is 0 Å². The lowest BCUT2D eigenvalue weighted by atomic mass is 10.1. The summed E-state index contributed by atoms with van der Waals surface area (Å²) >= 11 is 0. The van der Waals surface area contributed by atoms with Crippen molar-refractivity contribution in [2.75, 3.05) is 13.1 Å². The second-order valence-corrected chi connectivity index (χ2v) is 6.74. The first kappa shape index (κ1) is 17.1. The maximum atomic E-state index is 12.4. The molecule has 1 saturated carbocycles. The third kappa shape index (κ3) is 4.41. The highest BCUT2D eigenvalue weighted by Gasteiger charge is 2.33. The largest absolute Gasteiger partial charge is 0.482 e. The summed E-state index contributed by atoms with van der Waals surface area (Å²) in [5.41, 5.74) is 0. The Morgan fingerprint density at radius 2 is 1.71 bits per heavy atom. The molecule has 2 atom stereocenters. The summed E-state index contributed by atoms with van der Waals surface area (Å²) in [7, 11) is 0. The zero-order chi connectivity index (χ0) is 16.8. The van der Waals surface area contributed by atoms with E-state index >= 15 is 0 Å². The molecule has 0 bridgehead atoms. The number of hydrogen-bond acceptors (Lipinski definition) is 4. The summed E-state index contributed by atoms with van der Waals surface area (Å²) in [5, 5.41) is 6.52. The molecule has 132 valence electrons. The minimum atomic E-state index is -0.599. The van der Waals surface area contributed by atoms with E-state index in [0.29, 0.717) is 24.1 Å². The minimum absolute atomic E-state index is 0.111. The van der Waals surface area contributed by atoms with Gasteiger partial charge in [0.2, 0.25) is 6.10 Å². The second-order valence-electron chi connectivity index (χ2n) is 6.74. The summed E-state index contributed by atoms with van der Waals surface area (Å²) in [4.78, 5) is 12.4. The lowest BCUT2D eigenvalue weighted by Crippen LogP contribution is -2.50. The van der Waals surface area contributed by atoms with E-state index in [0.717, 1.165) is 6.54 Å². The second kappa shape index (κ2) is 8.38. The zero-order valence-corrected chi connectivity index (χ0v) is 14.4. The van der Waals surface area contributed by atoms with Crippen LogP contribution in [-0.2, 0) is 4.79 Å². The van der Waals surface area contributed by atoms with Gasteiger partial charge < -0.3 is 20.1 Å². The topological polar surface area (TPSA) is 59.6 Å². The monoisotopic (exact) mass is 332 g/mol. The third-order valence-electron chi connectivity index (χ3n) is 4.81. The van der Waals surface area contributed by atoms with Crippen LogP contribution in [0.1, 0.15) is 45.4 Å². The molecule has 1 fully saturated rings. The molecule has 2 aliphatic rings. The van der Waals surface area contributed by atoms with Crippen LogP contribution in [0.3, 0.4) is 0 Å². The molecule has 0 spiro atoms. The molecule has 3 rings (SSSR count). The van der Waals surface area contributed by atoms with Crippen molar-refractivity contribution >= 4 is 5.91 Å². The first-order chi connectivity index (χ1) is 11.7. The molecule has 1 heterocycles. The Labute approximate surface area is 144 Å². The standard InChI is InChI=1S/C19H28N2O3/c1-14-18(24-17-11-7-6-10-16(17)23-14)19(22)21-13-12-20-15-8-4-2-3-5-9-15/h6-7,10-11,14-15,18,20H,2-5,8-9,12-13H2,1H3,(H,21,22).